The Morgan fingerprint density at radius 2 is 0.925 bits per heavy atom. The molecule has 0 unspecified atom stereocenters. The number of carboxylic acids is 2. The van der Waals surface area contributed by atoms with Crippen molar-refractivity contribution in [3.63, 3.8) is 0 Å². The summed E-state index contributed by atoms with van der Waals surface area (Å²) in [6, 6.07) is -15.8. The van der Waals surface area contributed by atoms with Gasteiger partial charge in [-0.2, -0.15) is 0 Å². The van der Waals surface area contributed by atoms with Crippen molar-refractivity contribution in [2.75, 3.05) is 57.4 Å². The van der Waals surface area contributed by atoms with Gasteiger partial charge in [0.05, 0.1) is 19.8 Å². The van der Waals surface area contributed by atoms with E-state index >= 15 is 24.0 Å². The Kier molecular flexibility index (Phi) is 50.3. The number of aromatic nitrogens is 2. The summed E-state index contributed by atoms with van der Waals surface area (Å²) in [5.41, 5.74) is 29.7. The Balaban J connectivity index is 1.50. The van der Waals surface area contributed by atoms with E-state index in [0.717, 1.165) is 11.8 Å². The van der Waals surface area contributed by atoms with Crippen molar-refractivity contribution >= 4 is 179 Å². The van der Waals surface area contributed by atoms with Gasteiger partial charge in [-0.3, -0.25) is 111 Å². The van der Waals surface area contributed by atoms with E-state index in [1.807, 2.05) is 0 Å². The van der Waals surface area contributed by atoms with Gasteiger partial charge in [-0.05, 0) is 153 Å². The monoisotopic (exact) mass is 2090 g/mol. The second-order valence-electron chi connectivity index (χ2n) is 35.7. The van der Waals surface area contributed by atoms with E-state index in [9.17, 15) is 102 Å². The maximum absolute atomic E-state index is 15.5. The first kappa shape index (κ1) is 120. The van der Waals surface area contributed by atoms with Gasteiger partial charge >= 0.3 is 11.9 Å². The summed E-state index contributed by atoms with van der Waals surface area (Å²) >= 11 is 0. The van der Waals surface area contributed by atoms with E-state index in [1.54, 1.807) is 62.4 Å². The minimum Gasteiger partial charge on any atom is -0.481 e. The molecule has 0 radical (unpaired) electrons. The standard InChI is InChI=1S/C91H137N27O26S2/c1-45(2)35-62-82(136)117-67(87(141)104-48(5)75(129)103-46(3)74(95)128)43-145-146-44-68(116-76(130)47(4)102-71(123)40-101-77(131)56(21-11-13-31-92)106-78(132)57(105-49(6)121)22-12-14-32-93)88(142)115-65(41-119)85(139)107-58(23-15-33-98-91(96)97)79(133)114-66(42-120)86(140)110-61(25-28-70(94)122)90(144)118-34-16-24-69(118)89(143)109-60(27-30-73(126)127)81(135)112-63(36-50-38-99-54-19-9-7-17-52(50)54)83(137)108-59(26-29-72(124)125)80(134)113-64(84(138)111-62)37-51-39-100-55-20-10-8-18-53(51)55/h7-10,17-20,38-39,45-48,56-69,99-100,119-120H,11-16,21-37,40-44,92-93H2,1-6H3,(H2,94,122)(H2,95,128)(H,101,131)(H,102,123)(H,103,129)(H,104,141)(H,105,121)(H,106,132)(H,107,139)(H,108,137)(H,109,143)(H,110,140)(H,111,138)(H,112,135)(H,113,134)(H,114,133)(H,115,142)(H,116,130)(H,117,136)(H,124,125)(H,126,127)(H4,96,97,98)/t46-,47-,48-,56-,57-,58-,59-,60-,61-,62-,63-,64-,65-,66-,67-,68-,69-/m1/s1. The molecule has 6 rings (SSSR count). The predicted octanol–water partition coefficient (Wildman–Crippen LogP) is -8.19. The van der Waals surface area contributed by atoms with E-state index in [0.29, 0.717) is 80.2 Å². The second kappa shape index (κ2) is 61.1. The van der Waals surface area contributed by atoms with Gasteiger partial charge < -0.3 is 160 Å². The fraction of sp³-hybridized carbons (Fsp3) is 0.571. The number of H-pyrrole nitrogens is 2. The van der Waals surface area contributed by atoms with E-state index in [2.05, 4.69) is 106 Å². The quantitative estimate of drug-likeness (QED) is 0.00847. The molecule has 53 nitrogen and oxygen atoms in total. The second-order valence-corrected chi connectivity index (χ2v) is 38.2. The number of guanidine groups is 1. The molecule has 17 atom stereocenters. The topological polar surface area (TPSA) is 862 Å². The van der Waals surface area contributed by atoms with Crippen molar-refractivity contribution in [2.45, 2.75) is 266 Å². The number of carboxylic acid groups (broad SMARTS) is 2. The Morgan fingerprint density at radius 3 is 1.42 bits per heavy atom. The van der Waals surface area contributed by atoms with E-state index in [4.69, 9.17) is 34.1 Å². The van der Waals surface area contributed by atoms with Crippen LogP contribution >= 0.6 is 21.6 Å². The maximum Gasteiger partial charge on any atom is 0.303 e. The molecule has 20 amide bonds. The number of hydrogen-bond acceptors (Lipinski definition) is 29. The molecule has 2 aliphatic rings. The summed E-state index contributed by atoms with van der Waals surface area (Å²) in [6.45, 7) is 4.72. The van der Waals surface area contributed by atoms with Crippen molar-refractivity contribution in [2.24, 2.45) is 34.6 Å². The fourth-order valence-corrected chi connectivity index (χ4v) is 17.9. The smallest absolute Gasteiger partial charge is 0.303 e. The first-order valence-electron chi connectivity index (χ1n) is 47.7. The van der Waals surface area contributed by atoms with Gasteiger partial charge in [0.25, 0.3) is 0 Å². The highest BCUT2D eigenvalue weighted by atomic mass is 33.1. The average Bonchev–Trinajstić information content (AvgIpc) is 1.64. The molecule has 0 bridgehead atoms. The van der Waals surface area contributed by atoms with Gasteiger partial charge in [0, 0.05) is 97.8 Å². The number of para-hydroxylation sites is 2. The number of unbranched alkanes of at least 4 members (excludes halogenated alkanes) is 2. The Morgan fingerprint density at radius 1 is 0.473 bits per heavy atom. The van der Waals surface area contributed by atoms with Crippen LogP contribution in [0.5, 0.6) is 0 Å². The number of hydrogen-bond donors (Lipinski definition) is 30. The Labute approximate surface area is 847 Å². The van der Waals surface area contributed by atoms with Crippen LogP contribution in [0.2, 0.25) is 0 Å². The van der Waals surface area contributed by atoms with Crippen LogP contribution in [-0.4, -0.2) is 331 Å². The third-order valence-corrected chi connectivity index (χ3v) is 25.9. The number of aliphatic hydroxyl groups excluding tert-OH is 2. The predicted molar refractivity (Wildman–Crippen MR) is 530 cm³/mol. The lowest BCUT2D eigenvalue weighted by Crippen LogP contribution is -2.61. The van der Waals surface area contributed by atoms with Crippen LogP contribution < -0.4 is 124 Å². The summed E-state index contributed by atoms with van der Waals surface area (Å²) in [7, 11) is 1.37. The SMILES string of the molecule is CC(=O)N[C@H](CCCCN)C(=O)N[C@H](CCCCN)C(=O)NCC(=O)N[C@H](C)C(=O)N[C@@H]1CSSC[C@H](C(=O)N[C@H](C)C(=O)N[C@H](C)C(N)=O)NC(=O)[C@@H](CC(C)C)NC(=O)[C@@H](Cc2c[nH]c3ccccc23)NC(=O)[C@@H](CCC(=O)O)NC(=O)[C@@H](Cc2c[nH]c3ccccc23)NC(=O)[C@@H](CCC(=O)O)NC(=O)[C@H]2CCCN2C(=O)[C@@H](CCC(N)=O)NC(=O)[C@@H](CO)NC(=O)[C@@H](CCCNC(=N)N)NC(=O)[C@@H](CO)NC1=O. The molecule has 0 aliphatic carbocycles. The average molecular weight is 2090 g/mol. The van der Waals surface area contributed by atoms with Crippen molar-refractivity contribution in [3.05, 3.63) is 72.1 Å². The molecule has 35 N–H and O–H groups in total. The number of rotatable bonds is 43. The molecule has 0 saturated carbocycles. The van der Waals surface area contributed by atoms with Gasteiger partial charge in [0.1, 0.15) is 103 Å². The zero-order valence-corrected chi connectivity index (χ0v) is 83.5. The molecule has 2 aromatic heterocycles. The number of nitrogens with zero attached hydrogens (tertiary/aromatic N) is 1. The number of nitrogens with one attached hydrogen (secondary N) is 21. The van der Waals surface area contributed by atoms with Gasteiger partial charge in [-0.25, -0.2) is 0 Å². The van der Waals surface area contributed by atoms with E-state index in [1.165, 1.54) is 33.2 Å². The third kappa shape index (κ3) is 40.0. The molecule has 2 aromatic carbocycles. The van der Waals surface area contributed by atoms with Crippen molar-refractivity contribution in [1.82, 2.24) is 111 Å². The van der Waals surface area contributed by atoms with Crippen LogP contribution in [0.3, 0.4) is 0 Å². The maximum atomic E-state index is 15.5. The number of benzene rings is 2. The van der Waals surface area contributed by atoms with Crippen LogP contribution in [0.1, 0.15) is 162 Å². The third-order valence-electron chi connectivity index (χ3n) is 23.5. The largest absolute Gasteiger partial charge is 0.481 e. The molecular weight excluding hydrogens is 1950 g/mol. The molecule has 0 spiro atoms. The van der Waals surface area contributed by atoms with Crippen LogP contribution in [0.15, 0.2) is 60.9 Å². The first-order chi connectivity index (χ1) is 69.3. The summed E-state index contributed by atoms with van der Waals surface area (Å²) < 4.78 is 0. The number of primary amides is 2. The molecule has 2 fully saturated rings. The zero-order chi connectivity index (χ0) is 108. The Hall–Kier alpha value is -14.3. The van der Waals surface area contributed by atoms with Crippen LogP contribution in [-0.2, 0) is 118 Å². The Bertz CT molecular complexity index is 5280. The van der Waals surface area contributed by atoms with Gasteiger partial charge in [-0.1, -0.05) is 71.8 Å². The minimum atomic E-state index is -2.11. The van der Waals surface area contributed by atoms with E-state index in [-0.39, 0.29) is 64.7 Å². The summed E-state index contributed by atoms with van der Waals surface area (Å²) in [4.78, 5) is 318. The summed E-state index contributed by atoms with van der Waals surface area (Å²) in [5, 5.41) is 95.2. The van der Waals surface area contributed by atoms with Gasteiger partial charge in [-0.15, -0.1) is 0 Å². The van der Waals surface area contributed by atoms with Gasteiger partial charge in [0.2, 0.25) is 118 Å². The fourth-order valence-electron chi connectivity index (χ4n) is 15.6. The molecule has 804 valence electrons. The summed E-state index contributed by atoms with van der Waals surface area (Å²) in [6.07, 6.45) is -1.40. The number of aliphatic carboxylic acids is 2. The molecule has 2 aliphatic heterocycles. The van der Waals surface area contributed by atoms with E-state index < -0.39 is 334 Å². The van der Waals surface area contributed by atoms with Crippen molar-refractivity contribution in [1.29, 1.82) is 5.41 Å². The lowest BCUT2D eigenvalue weighted by molar-refractivity contribution is -0.143. The highest BCUT2D eigenvalue weighted by Crippen LogP contribution is 2.27. The molecule has 2 saturated heterocycles. The molecule has 55 heteroatoms. The van der Waals surface area contributed by atoms with Crippen LogP contribution in [0.4, 0.5) is 0 Å². The number of aliphatic hydroxyl groups is 2. The minimum absolute atomic E-state index is 0.0134. The molecular formula is C91H137N27O26S2. The highest BCUT2D eigenvalue weighted by Gasteiger charge is 2.43. The van der Waals surface area contributed by atoms with Crippen LogP contribution in [0, 0.1) is 11.3 Å². The molecule has 4 aromatic rings. The highest BCUT2D eigenvalue weighted by molar-refractivity contribution is 8.76. The number of carbonyl (C=O) groups is 22. The number of fused-ring (bicyclic) bond motifs is 3. The number of aromatic amines is 2. The number of carbonyl (C=O) groups excluding carboxylic acids is 20. The lowest BCUT2D eigenvalue weighted by Gasteiger charge is -2.31. The van der Waals surface area contributed by atoms with Crippen LogP contribution in [0.25, 0.3) is 21.8 Å². The lowest BCUT2D eigenvalue weighted by atomic mass is 9.99. The zero-order valence-electron chi connectivity index (χ0n) is 81.9. The van der Waals surface area contributed by atoms with Crippen molar-refractivity contribution < 1.29 is 126 Å². The normalized spacial score (nSPS) is 21.9. The first-order valence-corrected chi connectivity index (χ1v) is 50.2. The molecule has 146 heavy (non-hydrogen) atoms. The number of amides is 20. The van der Waals surface area contributed by atoms with Gasteiger partial charge in [0.15, 0.2) is 5.96 Å². The summed E-state index contributed by atoms with van der Waals surface area (Å²) in [5.74, 6) is -27.0. The van der Waals surface area contributed by atoms with Crippen molar-refractivity contribution in [3.8, 4) is 0 Å². The molecule has 4 heterocycles. The number of nitrogens with two attached hydrogens (primary N) is 5.